The standard InChI is InChI=1S/C9H10O3/c1-5-7-3-4-11-6(2)8(7)12-9(5)10/h3-4,6,10H,1-2H3. The van der Waals surface area contributed by atoms with E-state index in [2.05, 4.69) is 0 Å². The zero-order valence-electron chi connectivity index (χ0n) is 7.00. The van der Waals surface area contributed by atoms with Crippen LogP contribution >= 0.6 is 0 Å². The SMILES string of the molecule is Cc1c(O)oc2c1C=COC2C. The van der Waals surface area contributed by atoms with Crippen molar-refractivity contribution in [3.63, 3.8) is 0 Å². The van der Waals surface area contributed by atoms with Gasteiger partial charge >= 0.3 is 0 Å². The van der Waals surface area contributed by atoms with Crippen LogP contribution in [0, 0.1) is 6.92 Å². The molecule has 0 bridgehead atoms. The monoisotopic (exact) mass is 166 g/mol. The van der Waals surface area contributed by atoms with Crippen molar-refractivity contribution in [2.45, 2.75) is 20.0 Å². The van der Waals surface area contributed by atoms with E-state index in [4.69, 9.17) is 9.15 Å². The molecule has 0 fully saturated rings. The summed E-state index contributed by atoms with van der Waals surface area (Å²) in [5.74, 6) is 0.689. The lowest BCUT2D eigenvalue weighted by Gasteiger charge is -2.13. The number of ether oxygens (including phenoxy) is 1. The Bertz CT molecular complexity index is 336. The maximum absolute atomic E-state index is 9.27. The molecule has 12 heavy (non-hydrogen) atoms. The molecule has 0 saturated carbocycles. The zero-order chi connectivity index (χ0) is 8.72. The molecule has 1 aliphatic rings. The number of rotatable bonds is 0. The molecule has 0 spiro atoms. The first-order valence-corrected chi connectivity index (χ1v) is 3.84. The van der Waals surface area contributed by atoms with Gasteiger partial charge < -0.3 is 14.3 Å². The second kappa shape index (κ2) is 2.30. The summed E-state index contributed by atoms with van der Waals surface area (Å²) in [6, 6.07) is 0. The number of furan rings is 1. The molecule has 1 aromatic rings. The van der Waals surface area contributed by atoms with Crippen LogP contribution in [0.3, 0.4) is 0 Å². The summed E-state index contributed by atoms with van der Waals surface area (Å²) >= 11 is 0. The van der Waals surface area contributed by atoms with Crippen molar-refractivity contribution in [1.29, 1.82) is 0 Å². The van der Waals surface area contributed by atoms with Crippen molar-refractivity contribution in [3.05, 3.63) is 23.1 Å². The smallest absolute Gasteiger partial charge is 0.285 e. The van der Waals surface area contributed by atoms with Gasteiger partial charge in [-0.3, -0.25) is 0 Å². The van der Waals surface area contributed by atoms with E-state index < -0.39 is 0 Å². The van der Waals surface area contributed by atoms with Crippen LogP contribution in [0.2, 0.25) is 0 Å². The quantitative estimate of drug-likeness (QED) is 0.643. The molecule has 0 saturated heterocycles. The number of aromatic hydroxyl groups is 1. The van der Waals surface area contributed by atoms with Crippen LogP contribution in [-0.2, 0) is 4.74 Å². The van der Waals surface area contributed by atoms with Gasteiger partial charge in [-0.2, -0.15) is 0 Å². The molecule has 1 N–H and O–H groups in total. The maximum Gasteiger partial charge on any atom is 0.285 e. The summed E-state index contributed by atoms with van der Waals surface area (Å²) < 4.78 is 10.3. The van der Waals surface area contributed by atoms with Crippen LogP contribution in [0.4, 0.5) is 0 Å². The largest absolute Gasteiger partial charge is 0.490 e. The zero-order valence-corrected chi connectivity index (χ0v) is 7.00. The van der Waals surface area contributed by atoms with Crippen LogP contribution in [0.25, 0.3) is 6.08 Å². The Balaban J connectivity index is 2.62. The van der Waals surface area contributed by atoms with Gasteiger partial charge in [-0.25, -0.2) is 0 Å². The van der Waals surface area contributed by atoms with E-state index in [1.807, 2.05) is 13.8 Å². The molecule has 3 nitrogen and oxygen atoms in total. The molecular formula is C9H10O3. The van der Waals surface area contributed by atoms with Crippen molar-refractivity contribution in [2.24, 2.45) is 0 Å². The highest BCUT2D eigenvalue weighted by atomic mass is 16.5. The van der Waals surface area contributed by atoms with Gasteiger partial charge in [0.15, 0.2) is 11.9 Å². The average Bonchev–Trinajstić information content (AvgIpc) is 2.32. The maximum atomic E-state index is 9.27. The van der Waals surface area contributed by atoms with E-state index in [1.54, 1.807) is 12.3 Å². The van der Waals surface area contributed by atoms with Gasteiger partial charge in [-0.1, -0.05) is 0 Å². The molecule has 0 aromatic carbocycles. The minimum Gasteiger partial charge on any atom is -0.490 e. The van der Waals surface area contributed by atoms with Crippen molar-refractivity contribution in [2.75, 3.05) is 0 Å². The predicted molar refractivity (Wildman–Crippen MR) is 43.6 cm³/mol. The topological polar surface area (TPSA) is 42.6 Å². The molecule has 3 heteroatoms. The van der Waals surface area contributed by atoms with Gasteiger partial charge in [0.25, 0.3) is 5.95 Å². The highest BCUT2D eigenvalue weighted by Crippen LogP contribution is 2.36. The fourth-order valence-electron chi connectivity index (χ4n) is 1.33. The van der Waals surface area contributed by atoms with Crippen molar-refractivity contribution in [1.82, 2.24) is 0 Å². The molecule has 0 aliphatic carbocycles. The van der Waals surface area contributed by atoms with Crippen LogP contribution < -0.4 is 0 Å². The third kappa shape index (κ3) is 0.826. The van der Waals surface area contributed by atoms with E-state index in [9.17, 15) is 5.11 Å². The van der Waals surface area contributed by atoms with Gasteiger partial charge in [0, 0.05) is 11.1 Å². The number of hydrogen-bond acceptors (Lipinski definition) is 3. The van der Waals surface area contributed by atoms with Gasteiger partial charge in [0.2, 0.25) is 0 Å². The average molecular weight is 166 g/mol. The summed E-state index contributed by atoms with van der Waals surface area (Å²) in [7, 11) is 0. The van der Waals surface area contributed by atoms with Crippen LogP contribution in [0.15, 0.2) is 10.7 Å². The summed E-state index contributed by atoms with van der Waals surface area (Å²) in [6.45, 7) is 3.70. The van der Waals surface area contributed by atoms with Crippen LogP contribution in [0.5, 0.6) is 5.95 Å². The van der Waals surface area contributed by atoms with Crippen LogP contribution in [-0.4, -0.2) is 5.11 Å². The third-order valence-electron chi connectivity index (χ3n) is 2.08. The minimum atomic E-state index is -0.107. The van der Waals surface area contributed by atoms with E-state index in [0.29, 0.717) is 5.76 Å². The number of hydrogen-bond donors (Lipinski definition) is 1. The second-order valence-corrected chi connectivity index (χ2v) is 2.89. The first-order valence-electron chi connectivity index (χ1n) is 3.84. The third-order valence-corrected chi connectivity index (χ3v) is 2.08. The molecule has 1 aliphatic heterocycles. The predicted octanol–water partition coefficient (Wildman–Crippen LogP) is 2.36. The van der Waals surface area contributed by atoms with E-state index in [1.165, 1.54) is 0 Å². The van der Waals surface area contributed by atoms with Gasteiger partial charge in [0.05, 0.1) is 6.26 Å². The van der Waals surface area contributed by atoms with E-state index in [-0.39, 0.29) is 12.1 Å². The first kappa shape index (κ1) is 7.28. The minimum absolute atomic E-state index is 0.0120. The molecule has 0 radical (unpaired) electrons. The van der Waals surface area contributed by atoms with Gasteiger partial charge in [-0.15, -0.1) is 0 Å². The van der Waals surface area contributed by atoms with Crippen LogP contribution in [0.1, 0.15) is 29.9 Å². The normalized spacial score (nSPS) is 20.3. The molecule has 2 rings (SSSR count). The molecule has 64 valence electrons. The molecule has 1 atom stereocenters. The molecular weight excluding hydrogens is 156 g/mol. The van der Waals surface area contributed by atoms with Gasteiger partial charge in [0.1, 0.15) is 0 Å². The Labute approximate surface area is 70.3 Å². The van der Waals surface area contributed by atoms with Gasteiger partial charge in [-0.05, 0) is 19.9 Å². The highest BCUT2D eigenvalue weighted by molar-refractivity contribution is 5.59. The van der Waals surface area contributed by atoms with E-state index in [0.717, 1.165) is 11.1 Å². The second-order valence-electron chi connectivity index (χ2n) is 2.89. The lowest BCUT2D eigenvalue weighted by atomic mass is 10.1. The summed E-state index contributed by atoms with van der Waals surface area (Å²) in [5, 5.41) is 9.27. The van der Waals surface area contributed by atoms with Crippen molar-refractivity contribution >= 4 is 6.08 Å². The Morgan fingerprint density at radius 2 is 2.25 bits per heavy atom. The first-order chi connectivity index (χ1) is 5.70. The Hall–Kier alpha value is -1.38. The highest BCUT2D eigenvalue weighted by Gasteiger charge is 2.22. The Morgan fingerprint density at radius 3 is 2.92 bits per heavy atom. The fourth-order valence-corrected chi connectivity index (χ4v) is 1.33. The molecule has 1 unspecified atom stereocenters. The van der Waals surface area contributed by atoms with Crippen molar-refractivity contribution in [3.8, 4) is 5.95 Å². The van der Waals surface area contributed by atoms with Crippen molar-refractivity contribution < 1.29 is 14.3 Å². The van der Waals surface area contributed by atoms with E-state index >= 15 is 0 Å². The number of fused-ring (bicyclic) bond motifs is 1. The molecule has 1 aromatic heterocycles. The lowest BCUT2D eigenvalue weighted by Crippen LogP contribution is -1.99. The summed E-state index contributed by atoms with van der Waals surface area (Å²) in [6.07, 6.45) is 3.31. The molecule has 0 amide bonds. The summed E-state index contributed by atoms with van der Waals surface area (Å²) in [4.78, 5) is 0. The fraction of sp³-hybridized carbons (Fsp3) is 0.333. The lowest BCUT2D eigenvalue weighted by molar-refractivity contribution is 0.131. The molecule has 2 heterocycles. The Morgan fingerprint density at radius 1 is 1.50 bits per heavy atom. The summed E-state index contributed by atoms with van der Waals surface area (Å²) in [5.41, 5.74) is 1.71. The Kier molecular flexibility index (Phi) is 1.40.